The van der Waals surface area contributed by atoms with Crippen molar-refractivity contribution in [2.24, 2.45) is 23.5 Å². The van der Waals surface area contributed by atoms with Crippen molar-refractivity contribution in [3.8, 4) is 11.5 Å². The minimum atomic E-state index is -3.05. The Morgan fingerprint density at radius 2 is 2.20 bits per heavy atom. The highest BCUT2D eigenvalue weighted by atomic mass is 16.5. The summed E-state index contributed by atoms with van der Waals surface area (Å²) in [5.41, 5.74) is 6.13. The van der Waals surface area contributed by atoms with Crippen molar-refractivity contribution in [2.75, 3.05) is 27.2 Å². The van der Waals surface area contributed by atoms with Gasteiger partial charge in [0.1, 0.15) is 12.1 Å². The molecule has 0 spiro atoms. The van der Waals surface area contributed by atoms with Gasteiger partial charge >= 0.3 is 5.97 Å². The van der Waals surface area contributed by atoms with Gasteiger partial charge in [0, 0.05) is 39.7 Å². The van der Waals surface area contributed by atoms with E-state index in [4.69, 9.17) is 35.0 Å². The van der Waals surface area contributed by atoms with E-state index in [1.165, 1.54) is 4.90 Å². The summed E-state index contributed by atoms with van der Waals surface area (Å²) in [6, 6.07) is -3.80. The SMILES string of the molecule is [2H]c1c2c(c([2H])c(OC)c1OC([2H])([2H])[2H])C1([2H])CC(OC(=O)[C@@H](N)C(C)C)C(C([2H])([2H])C([2H])(C)C([2H])([2H])[2H])CN1CC2. The molecule has 1 aromatic carbocycles. The third kappa shape index (κ3) is 4.75. The molecule has 6 heteroatoms. The normalized spacial score (nSPS) is 36.5. The highest BCUT2D eigenvalue weighted by molar-refractivity contribution is 5.76. The topological polar surface area (TPSA) is 74.0 Å². The Labute approximate surface area is 197 Å². The van der Waals surface area contributed by atoms with Crippen LogP contribution in [0.25, 0.3) is 0 Å². The fourth-order valence-corrected chi connectivity index (χ4v) is 3.85. The van der Waals surface area contributed by atoms with Crippen molar-refractivity contribution >= 4 is 5.97 Å². The van der Waals surface area contributed by atoms with Crippen LogP contribution in [0.3, 0.4) is 0 Å². The molecule has 0 aromatic heterocycles. The summed E-state index contributed by atoms with van der Waals surface area (Å²) in [6.45, 7) is 0.984. The molecular weight excluding hydrogens is 380 g/mol. The van der Waals surface area contributed by atoms with Gasteiger partial charge in [0.15, 0.2) is 11.5 Å². The molecule has 2 aliphatic rings. The van der Waals surface area contributed by atoms with Crippen LogP contribution in [-0.2, 0) is 16.0 Å². The average Bonchev–Trinajstić information content (AvgIpc) is 2.83. The molecule has 2 heterocycles. The zero-order valence-corrected chi connectivity index (χ0v) is 17.8. The maximum Gasteiger partial charge on any atom is 0.323 e. The van der Waals surface area contributed by atoms with E-state index in [9.17, 15) is 6.17 Å². The molecule has 0 saturated carbocycles. The molecule has 0 radical (unpaired) electrons. The fraction of sp³-hybridized carbons (Fsp3) is 0.708. The second-order valence-corrected chi connectivity index (χ2v) is 8.04. The van der Waals surface area contributed by atoms with Crippen LogP contribution in [0.1, 0.15) is 74.0 Å². The Kier molecular flexibility index (Phi) is 3.74. The van der Waals surface area contributed by atoms with Crippen LogP contribution in [0.5, 0.6) is 11.5 Å². The molecule has 2 N–H and O–H groups in total. The Morgan fingerprint density at radius 1 is 1.43 bits per heavy atom. The van der Waals surface area contributed by atoms with Crippen LogP contribution in [-0.4, -0.2) is 50.3 Å². The smallest absolute Gasteiger partial charge is 0.323 e. The number of carbonyl (C=O) groups excluding carboxylic acids is 1. The zero-order valence-electron chi connectivity index (χ0n) is 29.8. The number of benzene rings is 1. The predicted molar refractivity (Wildman–Crippen MR) is 118 cm³/mol. The lowest BCUT2D eigenvalue weighted by molar-refractivity contribution is -0.160. The summed E-state index contributed by atoms with van der Waals surface area (Å²) in [5.74, 6) is -6.12. The van der Waals surface area contributed by atoms with E-state index in [1.54, 1.807) is 13.8 Å². The van der Waals surface area contributed by atoms with E-state index < -0.39 is 74.4 Å². The van der Waals surface area contributed by atoms with Gasteiger partial charge in [0.2, 0.25) is 0 Å². The van der Waals surface area contributed by atoms with E-state index >= 15 is 0 Å². The molecule has 1 aromatic rings. The standard InChI is InChI=1S/C24H38N2O4/c1-14(2)9-17-13-26-8-7-16-10-21(28-5)22(29-6)11-18(16)19(26)12-20(17)30-24(27)23(25)15(3)4/h10-11,14-15,17,19-20,23H,7-9,12-13,25H2,1-6H3/t17?,19?,20?,23-/m0/s1/i1D3,5D3,9D2,10D,11D,14D,19D/t14?,17?,19?,20?,23-. The molecule has 3 rings (SSSR count). The lowest BCUT2D eigenvalue weighted by atomic mass is 9.79. The second kappa shape index (κ2) is 9.56. The first-order valence-electron chi connectivity index (χ1n) is 16.0. The molecule has 1 fully saturated rings. The van der Waals surface area contributed by atoms with Gasteiger partial charge in [-0.25, -0.2) is 0 Å². The zero-order chi connectivity index (χ0) is 32.4. The van der Waals surface area contributed by atoms with Gasteiger partial charge in [0.05, 0.1) is 22.4 Å². The van der Waals surface area contributed by atoms with E-state index in [1.807, 2.05) is 0 Å². The van der Waals surface area contributed by atoms with Crippen molar-refractivity contribution in [3.05, 3.63) is 23.2 Å². The monoisotopic (exact) mass is 430 g/mol. The molecule has 2 aliphatic heterocycles. The third-order valence-electron chi connectivity index (χ3n) is 5.54. The van der Waals surface area contributed by atoms with Gasteiger partial charge in [-0.3, -0.25) is 9.69 Å². The number of nitrogens with zero attached hydrogens (tertiary/aromatic N) is 1. The molecule has 0 aliphatic carbocycles. The van der Waals surface area contributed by atoms with E-state index in [-0.39, 0.29) is 48.3 Å². The van der Waals surface area contributed by atoms with Gasteiger partial charge in [-0.05, 0) is 47.8 Å². The number of rotatable bonds is 7. The number of nitrogens with two attached hydrogens (primary N) is 1. The number of hydrogen-bond donors (Lipinski definition) is 1. The highest BCUT2D eigenvalue weighted by Crippen LogP contribution is 2.44. The Morgan fingerprint density at radius 3 is 2.87 bits per heavy atom. The summed E-state index contributed by atoms with van der Waals surface area (Å²) in [4.78, 5) is 14.5. The molecule has 0 bridgehead atoms. The maximum atomic E-state index is 13.0. The summed E-state index contributed by atoms with van der Waals surface area (Å²) < 4.78 is 115. The van der Waals surface area contributed by atoms with Gasteiger partial charge in [-0.1, -0.05) is 27.6 Å². The molecule has 6 nitrogen and oxygen atoms in total. The quantitative estimate of drug-likeness (QED) is 0.667. The van der Waals surface area contributed by atoms with E-state index in [2.05, 4.69) is 0 Å². The summed E-state index contributed by atoms with van der Waals surface area (Å²) >= 11 is 0. The van der Waals surface area contributed by atoms with Crippen molar-refractivity contribution in [2.45, 2.75) is 65.0 Å². The highest BCUT2D eigenvalue weighted by Gasteiger charge is 2.41. The summed E-state index contributed by atoms with van der Waals surface area (Å²) in [6.07, 6.45) is -4.60. The molecular formula is C24H38N2O4. The van der Waals surface area contributed by atoms with Crippen molar-refractivity contribution < 1.29 is 35.5 Å². The van der Waals surface area contributed by atoms with Crippen LogP contribution in [0.2, 0.25) is 0 Å². The van der Waals surface area contributed by atoms with Gasteiger partial charge in [-0.15, -0.1) is 0 Å². The van der Waals surface area contributed by atoms with Gasteiger partial charge < -0.3 is 19.9 Å². The Bertz CT molecular complexity index is 1200. The van der Waals surface area contributed by atoms with Gasteiger partial charge in [-0.2, -0.15) is 0 Å². The predicted octanol–water partition coefficient (Wildman–Crippen LogP) is 3.56. The summed E-state index contributed by atoms with van der Waals surface area (Å²) in [7, 11) is -1.79. The average molecular weight is 431 g/mol. The number of methoxy groups -OCH3 is 2. The number of esters is 1. The largest absolute Gasteiger partial charge is 0.493 e. The third-order valence-corrected chi connectivity index (χ3v) is 5.54. The number of fused-ring (bicyclic) bond motifs is 3. The molecule has 1 saturated heterocycles. The van der Waals surface area contributed by atoms with Gasteiger partial charge in [0.25, 0.3) is 0 Å². The number of carbonyl (C=O) groups is 1. The first-order chi connectivity index (χ1) is 18.9. The minimum Gasteiger partial charge on any atom is -0.493 e. The van der Waals surface area contributed by atoms with Crippen LogP contribution in [0.4, 0.5) is 0 Å². The fourth-order valence-electron chi connectivity index (χ4n) is 3.85. The number of ether oxygens (including phenoxy) is 3. The molecule has 5 atom stereocenters. The first kappa shape index (κ1) is 11.7. The molecule has 30 heavy (non-hydrogen) atoms. The van der Waals surface area contributed by atoms with Crippen LogP contribution < -0.4 is 15.2 Å². The van der Waals surface area contributed by atoms with E-state index in [0.717, 1.165) is 14.0 Å². The van der Waals surface area contributed by atoms with Crippen molar-refractivity contribution in [1.82, 2.24) is 4.90 Å². The Balaban J connectivity index is 2.21. The van der Waals surface area contributed by atoms with Crippen molar-refractivity contribution in [3.63, 3.8) is 0 Å². The Hall–Kier alpha value is -1.79. The van der Waals surface area contributed by atoms with Crippen molar-refractivity contribution in [1.29, 1.82) is 0 Å². The lowest BCUT2D eigenvalue weighted by Gasteiger charge is -2.47. The van der Waals surface area contributed by atoms with Crippen LogP contribution in [0.15, 0.2) is 12.1 Å². The molecule has 168 valence electrons. The second-order valence-electron chi connectivity index (χ2n) is 8.04. The molecule has 0 amide bonds. The minimum absolute atomic E-state index is 0.0221. The first-order valence-corrected chi connectivity index (χ1v) is 10.0. The van der Waals surface area contributed by atoms with Crippen LogP contribution in [0, 0.1) is 17.7 Å². The van der Waals surface area contributed by atoms with E-state index in [0.29, 0.717) is 0 Å². The maximum absolute atomic E-state index is 13.0. The lowest BCUT2D eigenvalue weighted by Crippen LogP contribution is -2.51. The summed E-state index contributed by atoms with van der Waals surface area (Å²) in [5, 5.41) is 0. The molecule has 4 unspecified atom stereocenters. The number of piperidine rings is 1. The van der Waals surface area contributed by atoms with Crippen LogP contribution >= 0.6 is 0 Å². The number of hydrogen-bond acceptors (Lipinski definition) is 6.